The monoisotopic (exact) mass is 438 g/mol. The third kappa shape index (κ3) is 6.32. The number of nitrogens with zero attached hydrogens (tertiary/aromatic N) is 4. The van der Waals surface area contributed by atoms with Crippen LogP contribution in [0.1, 0.15) is 15.6 Å². The Hall–Kier alpha value is -2.44. The van der Waals surface area contributed by atoms with E-state index in [4.69, 9.17) is 5.73 Å². The van der Waals surface area contributed by atoms with Gasteiger partial charge in [0, 0.05) is 12.8 Å². The van der Waals surface area contributed by atoms with E-state index in [0.717, 1.165) is 5.56 Å². The van der Waals surface area contributed by atoms with Crippen LogP contribution in [-0.2, 0) is 33.9 Å². The number of carbonyl (C=O) groups is 1. The third-order valence-corrected chi connectivity index (χ3v) is 7.02. The van der Waals surface area contributed by atoms with Crippen molar-refractivity contribution < 1.29 is 13.2 Å². The normalized spacial score (nSPS) is 11.4. The zero-order valence-corrected chi connectivity index (χ0v) is 17.2. The zero-order chi connectivity index (χ0) is 20.0. The van der Waals surface area contributed by atoms with Gasteiger partial charge in [0.2, 0.25) is 16.2 Å². The maximum atomic E-state index is 12.2. The minimum atomic E-state index is -3.27. The van der Waals surface area contributed by atoms with Gasteiger partial charge >= 0.3 is 0 Å². The number of amides is 1. The molecular formula is C16H18N6O3S3. The Labute approximate surface area is 170 Å². The molecule has 0 atom stereocenters. The first-order valence-corrected chi connectivity index (χ1v) is 11.8. The number of aryl methyl sites for hydroxylation is 2. The molecule has 0 aliphatic rings. The summed E-state index contributed by atoms with van der Waals surface area (Å²) < 4.78 is 24.4. The molecule has 3 rings (SSSR count). The number of benzene rings is 1. The van der Waals surface area contributed by atoms with Crippen LogP contribution in [0.3, 0.4) is 0 Å². The standard InChI is InChI=1S/C16H18N6O3S3/c17-15-21-19-13(26-15)6-8-28(24,25)9-7-14-20-22-16(27-14)18-12(23)10-11-4-2-1-3-5-11/h1-5H,6-10H2,(H2,17,21)(H,18,22,23). The molecule has 0 saturated heterocycles. The van der Waals surface area contributed by atoms with Gasteiger partial charge in [0.15, 0.2) is 9.84 Å². The lowest BCUT2D eigenvalue weighted by Gasteiger charge is -2.01. The van der Waals surface area contributed by atoms with E-state index in [1.165, 1.54) is 22.7 Å². The van der Waals surface area contributed by atoms with Crippen molar-refractivity contribution >= 4 is 48.7 Å². The van der Waals surface area contributed by atoms with Crippen molar-refractivity contribution in [2.75, 3.05) is 22.6 Å². The van der Waals surface area contributed by atoms with E-state index in [0.29, 0.717) is 20.3 Å². The number of rotatable bonds is 9. The van der Waals surface area contributed by atoms with Crippen molar-refractivity contribution in [1.29, 1.82) is 0 Å². The van der Waals surface area contributed by atoms with E-state index in [2.05, 4.69) is 25.7 Å². The van der Waals surface area contributed by atoms with Crippen LogP contribution in [-0.4, -0.2) is 46.2 Å². The van der Waals surface area contributed by atoms with Crippen molar-refractivity contribution in [1.82, 2.24) is 20.4 Å². The van der Waals surface area contributed by atoms with Gasteiger partial charge in [-0.1, -0.05) is 53.0 Å². The topological polar surface area (TPSA) is 141 Å². The van der Waals surface area contributed by atoms with Crippen molar-refractivity contribution in [3.63, 3.8) is 0 Å². The first-order valence-electron chi connectivity index (χ1n) is 8.34. The lowest BCUT2D eigenvalue weighted by atomic mass is 10.1. The fourth-order valence-electron chi connectivity index (χ4n) is 2.31. The summed E-state index contributed by atoms with van der Waals surface area (Å²) in [5.41, 5.74) is 6.38. The lowest BCUT2D eigenvalue weighted by molar-refractivity contribution is -0.115. The number of nitrogens with two attached hydrogens (primary N) is 1. The quantitative estimate of drug-likeness (QED) is 0.510. The van der Waals surface area contributed by atoms with Gasteiger partial charge in [-0.15, -0.1) is 20.4 Å². The Morgan fingerprint density at radius 1 is 0.964 bits per heavy atom. The summed E-state index contributed by atoms with van der Waals surface area (Å²) in [6.45, 7) is 0. The largest absolute Gasteiger partial charge is 0.374 e. The van der Waals surface area contributed by atoms with Gasteiger partial charge in [-0.25, -0.2) is 8.42 Å². The molecule has 0 unspecified atom stereocenters. The summed E-state index contributed by atoms with van der Waals surface area (Å²) in [6, 6.07) is 9.35. The van der Waals surface area contributed by atoms with Crippen LogP contribution in [0, 0.1) is 0 Å². The summed E-state index contributed by atoms with van der Waals surface area (Å²) in [5, 5.41) is 19.9. The lowest BCUT2D eigenvalue weighted by Crippen LogP contribution is -2.14. The van der Waals surface area contributed by atoms with Gasteiger partial charge in [-0.3, -0.25) is 4.79 Å². The molecule has 0 bridgehead atoms. The van der Waals surface area contributed by atoms with Gasteiger partial charge < -0.3 is 11.1 Å². The Morgan fingerprint density at radius 2 is 1.61 bits per heavy atom. The molecule has 9 nitrogen and oxygen atoms in total. The molecule has 0 spiro atoms. The Kier molecular flexibility index (Phi) is 6.65. The highest BCUT2D eigenvalue weighted by atomic mass is 32.2. The van der Waals surface area contributed by atoms with E-state index < -0.39 is 9.84 Å². The molecule has 0 aliphatic heterocycles. The molecule has 12 heteroatoms. The molecule has 0 saturated carbocycles. The SMILES string of the molecule is Nc1nnc(CCS(=O)(=O)CCc2nnc(NC(=O)Cc3ccccc3)s2)s1. The number of nitrogen functional groups attached to an aromatic ring is 1. The van der Waals surface area contributed by atoms with E-state index in [1.54, 1.807) is 0 Å². The first kappa shape index (κ1) is 20.3. The second-order valence-corrected chi connectivity index (χ2v) is 10.4. The van der Waals surface area contributed by atoms with Crippen LogP contribution >= 0.6 is 22.7 Å². The number of carbonyl (C=O) groups excluding carboxylic acids is 1. The molecule has 0 radical (unpaired) electrons. The number of anilines is 2. The predicted octanol–water partition coefficient (Wildman–Crippen LogP) is 1.35. The average Bonchev–Trinajstić information content (AvgIpc) is 3.28. The number of nitrogens with one attached hydrogen (secondary N) is 1. The van der Waals surface area contributed by atoms with Crippen LogP contribution in [0.15, 0.2) is 30.3 Å². The molecule has 0 fully saturated rings. The summed E-state index contributed by atoms with van der Waals surface area (Å²) in [6.07, 6.45) is 0.765. The highest BCUT2D eigenvalue weighted by Gasteiger charge is 2.16. The van der Waals surface area contributed by atoms with Gasteiger partial charge in [0.05, 0.1) is 17.9 Å². The molecule has 148 valence electrons. The Bertz CT molecular complexity index is 1030. The van der Waals surface area contributed by atoms with Crippen LogP contribution in [0.5, 0.6) is 0 Å². The summed E-state index contributed by atoms with van der Waals surface area (Å²) in [7, 11) is -3.27. The molecule has 2 heterocycles. The highest BCUT2D eigenvalue weighted by molar-refractivity contribution is 7.91. The molecule has 0 aliphatic carbocycles. The van der Waals surface area contributed by atoms with Crippen molar-refractivity contribution in [3.05, 3.63) is 45.9 Å². The maximum Gasteiger partial charge on any atom is 0.230 e. The second kappa shape index (κ2) is 9.17. The summed E-state index contributed by atoms with van der Waals surface area (Å²) in [4.78, 5) is 12.0. The van der Waals surface area contributed by atoms with Crippen molar-refractivity contribution in [2.45, 2.75) is 19.3 Å². The first-order chi connectivity index (χ1) is 13.4. The third-order valence-electron chi connectivity index (χ3n) is 3.66. The van der Waals surface area contributed by atoms with Crippen LogP contribution < -0.4 is 11.1 Å². The smallest absolute Gasteiger partial charge is 0.230 e. The van der Waals surface area contributed by atoms with E-state index in [9.17, 15) is 13.2 Å². The maximum absolute atomic E-state index is 12.2. The second-order valence-electron chi connectivity index (χ2n) is 5.90. The minimum Gasteiger partial charge on any atom is -0.374 e. The summed E-state index contributed by atoms with van der Waals surface area (Å²) in [5.74, 6) is -0.271. The van der Waals surface area contributed by atoms with Gasteiger partial charge in [-0.05, 0) is 5.56 Å². The fraction of sp³-hybridized carbons (Fsp3) is 0.312. The van der Waals surface area contributed by atoms with Crippen LogP contribution in [0.2, 0.25) is 0 Å². The number of hydrogen-bond donors (Lipinski definition) is 2. The highest BCUT2D eigenvalue weighted by Crippen LogP contribution is 2.17. The van der Waals surface area contributed by atoms with Gasteiger partial charge in [0.1, 0.15) is 10.0 Å². The van der Waals surface area contributed by atoms with E-state index in [-0.39, 0.29) is 36.7 Å². The van der Waals surface area contributed by atoms with Crippen LogP contribution in [0.25, 0.3) is 0 Å². The molecular weight excluding hydrogens is 420 g/mol. The molecule has 3 aromatic rings. The zero-order valence-electron chi connectivity index (χ0n) is 14.7. The molecule has 1 amide bonds. The van der Waals surface area contributed by atoms with Crippen LogP contribution in [0.4, 0.5) is 10.3 Å². The summed E-state index contributed by atoms with van der Waals surface area (Å²) >= 11 is 2.36. The molecule has 1 aromatic carbocycles. The van der Waals surface area contributed by atoms with Gasteiger partial charge in [-0.2, -0.15) is 0 Å². The number of hydrogen-bond acceptors (Lipinski definition) is 10. The van der Waals surface area contributed by atoms with Crippen molar-refractivity contribution in [2.24, 2.45) is 0 Å². The van der Waals surface area contributed by atoms with E-state index >= 15 is 0 Å². The predicted molar refractivity (Wildman–Crippen MR) is 109 cm³/mol. The number of sulfone groups is 1. The van der Waals surface area contributed by atoms with Crippen molar-refractivity contribution in [3.8, 4) is 0 Å². The molecule has 3 N–H and O–H groups in total. The average molecular weight is 439 g/mol. The van der Waals surface area contributed by atoms with E-state index in [1.807, 2.05) is 30.3 Å². The van der Waals surface area contributed by atoms with Gasteiger partial charge in [0.25, 0.3) is 0 Å². The number of aromatic nitrogens is 4. The Balaban J connectivity index is 1.46. The molecule has 2 aromatic heterocycles. The Morgan fingerprint density at radius 3 is 2.25 bits per heavy atom. The fourth-order valence-corrected chi connectivity index (χ4v) is 5.14. The molecule has 28 heavy (non-hydrogen) atoms. The minimum absolute atomic E-state index is 0.0267.